The molecule has 0 saturated heterocycles. The molecule has 3 aliphatic carbocycles. The van der Waals surface area contributed by atoms with Crippen molar-refractivity contribution < 1.29 is 24.5 Å². The summed E-state index contributed by atoms with van der Waals surface area (Å²) in [4.78, 5) is 29.2. The van der Waals surface area contributed by atoms with E-state index in [0.717, 1.165) is 44.1 Å². The molecule has 7 heteroatoms. The molecule has 2 saturated carbocycles. The Bertz CT molecular complexity index is 964. The molecule has 0 spiro atoms. The molecular weight excluding hydrogens is 456 g/mol. The van der Waals surface area contributed by atoms with E-state index in [0.29, 0.717) is 23.7 Å². The van der Waals surface area contributed by atoms with Gasteiger partial charge in [-0.3, -0.25) is 9.59 Å². The Morgan fingerprint density at radius 3 is 2.42 bits per heavy atom. The number of fused-ring (bicyclic) bond motifs is 3. The molecule has 0 unspecified atom stereocenters. The van der Waals surface area contributed by atoms with Crippen LogP contribution in [0.2, 0.25) is 0 Å². The summed E-state index contributed by atoms with van der Waals surface area (Å²) in [5, 5.41) is 23.8. The van der Waals surface area contributed by atoms with E-state index in [1.807, 2.05) is 35.2 Å². The second-order valence-electron chi connectivity index (χ2n) is 11.0. The van der Waals surface area contributed by atoms with Crippen LogP contribution in [0.4, 0.5) is 0 Å². The van der Waals surface area contributed by atoms with Gasteiger partial charge >= 0.3 is 0 Å². The van der Waals surface area contributed by atoms with Crippen LogP contribution in [0, 0.1) is 5.92 Å². The highest BCUT2D eigenvalue weighted by Gasteiger charge is 2.51. The van der Waals surface area contributed by atoms with Crippen molar-refractivity contribution in [3.05, 3.63) is 41.5 Å². The minimum Gasteiger partial charge on any atom is -0.486 e. The van der Waals surface area contributed by atoms with E-state index in [9.17, 15) is 19.8 Å². The summed E-state index contributed by atoms with van der Waals surface area (Å²) >= 11 is 0. The summed E-state index contributed by atoms with van der Waals surface area (Å²) < 4.78 is 6.26. The number of carbonyl (C=O) groups excluding carboxylic acids is 2. The van der Waals surface area contributed by atoms with Crippen molar-refractivity contribution in [1.29, 1.82) is 0 Å². The Hall–Kier alpha value is -2.38. The summed E-state index contributed by atoms with van der Waals surface area (Å²) in [5.74, 6) is 0.486. The number of benzene rings is 1. The van der Waals surface area contributed by atoms with Crippen LogP contribution in [0.25, 0.3) is 0 Å². The van der Waals surface area contributed by atoms with Gasteiger partial charge in [-0.25, -0.2) is 0 Å². The zero-order valence-electron chi connectivity index (χ0n) is 21.1. The van der Waals surface area contributed by atoms with E-state index in [1.54, 1.807) is 0 Å². The smallest absolute Gasteiger partial charge is 0.247 e. The first kappa shape index (κ1) is 25.3. The van der Waals surface area contributed by atoms with E-state index in [-0.39, 0.29) is 31.0 Å². The van der Waals surface area contributed by atoms with Gasteiger partial charge in [0.25, 0.3) is 0 Å². The van der Waals surface area contributed by atoms with Crippen molar-refractivity contribution in [3.63, 3.8) is 0 Å². The van der Waals surface area contributed by atoms with Gasteiger partial charge in [-0.15, -0.1) is 0 Å². The van der Waals surface area contributed by atoms with E-state index in [4.69, 9.17) is 4.74 Å². The molecule has 5 rings (SSSR count). The summed E-state index contributed by atoms with van der Waals surface area (Å²) in [6.07, 6.45) is 11.6. The minimum absolute atomic E-state index is 0.0550. The molecule has 1 aromatic carbocycles. The van der Waals surface area contributed by atoms with E-state index in [1.165, 1.54) is 25.7 Å². The Morgan fingerprint density at radius 2 is 1.69 bits per heavy atom. The van der Waals surface area contributed by atoms with Gasteiger partial charge in [-0.05, 0) is 43.7 Å². The minimum atomic E-state index is -0.937. The SMILES string of the molecule is O=C(NCCO)C1=C[C@@H](N(C(=O)CC2CCCC2)C2CCCCCC2)[C@H](O)[C@H]2Oc3ccccc3[C@@H]12. The predicted molar refractivity (Wildman–Crippen MR) is 136 cm³/mol. The average Bonchev–Trinajstić information content (AvgIpc) is 3.45. The monoisotopic (exact) mass is 496 g/mol. The molecule has 4 atom stereocenters. The fraction of sp³-hybridized carbons (Fsp3) is 0.655. The first-order chi connectivity index (χ1) is 17.6. The molecule has 4 aliphatic rings. The predicted octanol–water partition coefficient (Wildman–Crippen LogP) is 3.44. The Morgan fingerprint density at radius 1 is 1.00 bits per heavy atom. The third-order valence-electron chi connectivity index (χ3n) is 8.64. The lowest BCUT2D eigenvalue weighted by atomic mass is 9.77. The van der Waals surface area contributed by atoms with E-state index < -0.39 is 24.2 Å². The van der Waals surface area contributed by atoms with Gasteiger partial charge in [0.1, 0.15) is 18.0 Å². The summed E-state index contributed by atoms with van der Waals surface area (Å²) in [7, 11) is 0. The fourth-order valence-corrected chi connectivity index (χ4v) is 6.88. The number of aliphatic hydroxyl groups excluding tert-OH is 2. The van der Waals surface area contributed by atoms with Crippen LogP contribution in [0.15, 0.2) is 35.9 Å². The van der Waals surface area contributed by atoms with Gasteiger partial charge < -0.3 is 25.2 Å². The highest BCUT2D eigenvalue weighted by molar-refractivity contribution is 5.96. The highest BCUT2D eigenvalue weighted by Crippen LogP contribution is 2.47. The standard InChI is InChI=1S/C29H40N2O5/c32-16-15-30-29(35)22-18-23(27(34)28-26(22)21-13-7-8-14-24(21)36-28)31(20-11-3-1-2-4-12-20)25(33)17-19-9-5-6-10-19/h7-8,13-14,18-20,23,26-28,32,34H,1-6,9-12,15-17H2,(H,30,35)/t23-,26+,27+,28+/m1/s1. The van der Waals surface area contributed by atoms with Crippen molar-refractivity contribution in [2.24, 2.45) is 5.92 Å². The highest BCUT2D eigenvalue weighted by atomic mass is 16.5. The maximum Gasteiger partial charge on any atom is 0.247 e. The maximum atomic E-state index is 13.9. The molecule has 1 aromatic rings. The van der Waals surface area contributed by atoms with Gasteiger partial charge in [0.2, 0.25) is 11.8 Å². The number of hydrogen-bond donors (Lipinski definition) is 3. The maximum absolute atomic E-state index is 13.9. The van der Waals surface area contributed by atoms with Gasteiger partial charge in [-0.2, -0.15) is 0 Å². The lowest BCUT2D eigenvalue weighted by Crippen LogP contribution is -2.58. The molecule has 0 bridgehead atoms. The number of hydrogen-bond acceptors (Lipinski definition) is 5. The topological polar surface area (TPSA) is 99.1 Å². The first-order valence-electron chi connectivity index (χ1n) is 13.9. The number of rotatable bonds is 7. The van der Waals surface area contributed by atoms with Gasteiger partial charge in [0.05, 0.1) is 18.6 Å². The molecule has 7 nitrogen and oxygen atoms in total. The fourth-order valence-electron chi connectivity index (χ4n) is 6.88. The molecule has 1 heterocycles. The number of nitrogens with one attached hydrogen (secondary N) is 1. The summed E-state index contributed by atoms with van der Waals surface area (Å²) in [6, 6.07) is 7.04. The zero-order chi connectivity index (χ0) is 25.1. The second kappa shape index (κ2) is 11.3. The molecular formula is C29H40N2O5. The summed E-state index contributed by atoms with van der Waals surface area (Å²) in [5.41, 5.74) is 1.39. The van der Waals surface area contributed by atoms with Crippen LogP contribution in [0.5, 0.6) is 5.75 Å². The number of ether oxygens (including phenoxy) is 1. The van der Waals surface area contributed by atoms with Crippen molar-refractivity contribution >= 4 is 11.8 Å². The lowest BCUT2D eigenvalue weighted by molar-refractivity contribution is -0.142. The Kier molecular flexibility index (Phi) is 7.96. The number of nitrogens with zero attached hydrogens (tertiary/aromatic N) is 1. The van der Waals surface area contributed by atoms with Gasteiger partial charge in [0, 0.05) is 30.1 Å². The molecule has 2 fully saturated rings. The van der Waals surface area contributed by atoms with Crippen LogP contribution in [0.1, 0.15) is 82.1 Å². The summed E-state index contributed by atoms with van der Waals surface area (Å²) in [6.45, 7) is -0.00341. The van der Waals surface area contributed by atoms with Gasteiger partial charge in [-0.1, -0.05) is 56.7 Å². The Labute approximate surface area is 213 Å². The number of aliphatic hydroxyl groups is 2. The molecule has 0 radical (unpaired) electrons. The third kappa shape index (κ3) is 5.05. The quantitative estimate of drug-likeness (QED) is 0.503. The zero-order valence-corrected chi connectivity index (χ0v) is 21.1. The van der Waals surface area contributed by atoms with E-state index in [2.05, 4.69) is 5.32 Å². The molecule has 3 N–H and O–H groups in total. The third-order valence-corrected chi connectivity index (χ3v) is 8.64. The van der Waals surface area contributed by atoms with Crippen LogP contribution >= 0.6 is 0 Å². The van der Waals surface area contributed by atoms with Crippen LogP contribution in [-0.2, 0) is 9.59 Å². The van der Waals surface area contributed by atoms with Crippen LogP contribution in [-0.4, -0.2) is 64.4 Å². The van der Waals surface area contributed by atoms with Crippen molar-refractivity contribution in [2.75, 3.05) is 13.2 Å². The number of carbonyl (C=O) groups is 2. The molecule has 196 valence electrons. The molecule has 36 heavy (non-hydrogen) atoms. The van der Waals surface area contributed by atoms with E-state index >= 15 is 0 Å². The number of amides is 2. The van der Waals surface area contributed by atoms with Crippen molar-refractivity contribution in [1.82, 2.24) is 10.2 Å². The Balaban J connectivity index is 1.52. The molecule has 0 aromatic heterocycles. The second-order valence-corrected chi connectivity index (χ2v) is 11.0. The largest absolute Gasteiger partial charge is 0.486 e. The van der Waals surface area contributed by atoms with Crippen molar-refractivity contribution in [3.8, 4) is 5.75 Å². The lowest BCUT2D eigenvalue weighted by Gasteiger charge is -2.44. The molecule has 2 amide bonds. The van der Waals surface area contributed by atoms with Crippen LogP contribution < -0.4 is 10.1 Å². The normalized spacial score (nSPS) is 28.4. The van der Waals surface area contributed by atoms with Crippen LogP contribution in [0.3, 0.4) is 0 Å². The molecule has 1 aliphatic heterocycles. The first-order valence-corrected chi connectivity index (χ1v) is 13.9. The number of para-hydroxylation sites is 1. The van der Waals surface area contributed by atoms with Gasteiger partial charge in [0.15, 0.2) is 0 Å². The van der Waals surface area contributed by atoms with Crippen molar-refractivity contribution in [2.45, 2.75) is 101 Å². The average molecular weight is 497 g/mol.